The Hall–Kier alpha value is -5.18. The van der Waals surface area contributed by atoms with Crippen LogP contribution < -0.4 is 26.4 Å². The zero-order chi connectivity index (χ0) is 29.3. The van der Waals surface area contributed by atoms with E-state index < -0.39 is 35.3 Å². The van der Waals surface area contributed by atoms with Gasteiger partial charge in [0.1, 0.15) is 28.5 Å². The maximum Gasteiger partial charge on any atom is 0.408 e. The fraction of sp³-hybridized carbons (Fsp3) is 0.214. The minimum atomic E-state index is -0.875. The molecule has 0 saturated heterocycles. The quantitative estimate of drug-likeness (QED) is 0.330. The summed E-state index contributed by atoms with van der Waals surface area (Å²) in [5.41, 5.74) is 6.00. The molecular weight excluding hydrogens is 524 g/mol. The van der Waals surface area contributed by atoms with E-state index in [2.05, 4.69) is 32.8 Å². The number of hydrogen-bond acceptors (Lipinski definition) is 7. The molecule has 0 aliphatic heterocycles. The number of amides is 4. The number of rotatable bonds is 6. The van der Waals surface area contributed by atoms with Gasteiger partial charge in [-0.2, -0.15) is 0 Å². The van der Waals surface area contributed by atoms with E-state index in [1.54, 1.807) is 20.8 Å². The number of benzene rings is 2. The lowest BCUT2D eigenvalue weighted by Gasteiger charge is -2.19. The summed E-state index contributed by atoms with van der Waals surface area (Å²) in [4.78, 5) is 39.9. The van der Waals surface area contributed by atoms with Crippen molar-refractivity contribution in [3.05, 3.63) is 77.5 Å². The Bertz CT molecular complexity index is 1460. The Morgan fingerprint density at radius 2 is 1.75 bits per heavy atom. The van der Waals surface area contributed by atoms with Crippen LogP contribution >= 0.6 is 0 Å². The van der Waals surface area contributed by atoms with Crippen molar-refractivity contribution in [1.82, 2.24) is 15.6 Å². The molecule has 0 aliphatic rings. The number of halogens is 2. The number of alkyl carbamates (subject to hydrolysis) is 1. The molecule has 208 valence electrons. The van der Waals surface area contributed by atoms with Gasteiger partial charge in [-0.05, 0) is 50.6 Å². The van der Waals surface area contributed by atoms with Crippen LogP contribution in [0.2, 0.25) is 0 Å². The highest BCUT2D eigenvalue weighted by molar-refractivity contribution is 6.01. The first-order valence-electron chi connectivity index (χ1n) is 11.9. The number of nitrogen functional groups attached to an aromatic ring is 1. The van der Waals surface area contributed by atoms with Gasteiger partial charge < -0.3 is 25.8 Å². The maximum atomic E-state index is 14.8. The van der Waals surface area contributed by atoms with Crippen LogP contribution in [0.4, 0.5) is 29.9 Å². The number of anilines is 2. The molecule has 1 aromatic heterocycles. The van der Waals surface area contributed by atoms with Crippen molar-refractivity contribution in [3.8, 4) is 23.3 Å². The second-order valence-corrected chi connectivity index (χ2v) is 9.28. The Balaban J connectivity index is 1.61. The van der Waals surface area contributed by atoms with Gasteiger partial charge >= 0.3 is 12.1 Å². The number of urea groups is 1. The van der Waals surface area contributed by atoms with E-state index in [0.29, 0.717) is 5.56 Å². The van der Waals surface area contributed by atoms with Crippen LogP contribution in [0, 0.1) is 23.5 Å². The average molecular weight is 552 g/mol. The molecule has 0 unspecified atom stereocenters. The van der Waals surface area contributed by atoms with Crippen LogP contribution in [0.1, 0.15) is 31.9 Å². The van der Waals surface area contributed by atoms with Gasteiger partial charge in [-0.15, -0.1) is 0 Å². The van der Waals surface area contributed by atoms with Crippen molar-refractivity contribution in [2.45, 2.75) is 32.8 Å². The molecule has 0 fully saturated rings. The second kappa shape index (κ2) is 13.1. The average Bonchev–Trinajstić information content (AvgIpc) is 2.85. The Morgan fingerprint density at radius 3 is 2.42 bits per heavy atom. The van der Waals surface area contributed by atoms with Crippen molar-refractivity contribution >= 4 is 29.5 Å². The fourth-order valence-electron chi connectivity index (χ4n) is 3.13. The zero-order valence-electron chi connectivity index (χ0n) is 21.9. The summed E-state index contributed by atoms with van der Waals surface area (Å²) in [6, 6.07) is 9.45. The fourth-order valence-corrected chi connectivity index (χ4v) is 3.13. The van der Waals surface area contributed by atoms with E-state index in [4.69, 9.17) is 15.2 Å². The van der Waals surface area contributed by atoms with Gasteiger partial charge in [0.2, 0.25) is 5.91 Å². The van der Waals surface area contributed by atoms with Gasteiger partial charge in [0.15, 0.2) is 11.6 Å². The molecule has 0 atom stereocenters. The van der Waals surface area contributed by atoms with Crippen molar-refractivity contribution < 1.29 is 32.6 Å². The molecule has 4 amide bonds. The summed E-state index contributed by atoms with van der Waals surface area (Å²) in [5.74, 6) is 3.50. The van der Waals surface area contributed by atoms with E-state index >= 15 is 0 Å². The van der Waals surface area contributed by atoms with Crippen molar-refractivity contribution in [1.29, 1.82) is 0 Å². The summed E-state index contributed by atoms with van der Waals surface area (Å²) >= 11 is 0. The first kappa shape index (κ1) is 29.4. The first-order chi connectivity index (χ1) is 18.9. The molecule has 1 heterocycles. The molecule has 0 bridgehead atoms. The van der Waals surface area contributed by atoms with Gasteiger partial charge in [-0.25, -0.2) is 23.4 Å². The van der Waals surface area contributed by atoms with Crippen LogP contribution in [-0.2, 0) is 16.0 Å². The molecular formula is C28H27F2N5O5. The number of nitrogens with one attached hydrogen (secondary N) is 3. The number of nitrogens with two attached hydrogens (primary N) is 1. The lowest BCUT2D eigenvalue weighted by molar-refractivity contribution is -0.119. The Labute approximate surface area is 229 Å². The minimum absolute atomic E-state index is 0.0305. The van der Waals surface area contributed by atoms with Gasteiger partial charge in [-0.3, -0.25) is 10.1 Å². The maximum absolute atomic E-state index is 14.8. The molecule has 0 aliphatic carbocycles. The summed E-state index contributed by atoms with van der Waals surface area (Å²) in [6.45, 7) is 5.14. The van der Waals surface area contributed by atoms with Crippen LogP contribution in [-0.4, -0.2) is 35.2 Å². The topological polar surface area (TPSA) is 145 Å². The molecule has 0 radical (unpaired) electrons. The van der Waals surface area contributed by atoms with Crippen molar-refractivity contribution in [2.75, 3.05) is 17.6 Å². The summed E-state index contributed by atoms with van der Waals surface area (Å²) < 4.78 is 38.6. The summed E-state index contributed by atoms with van der Waals surface area (Å²) in [6.07, 6.45) is 0.571. The highest BCUT2D eigenvalue weighted by Gasteiger charge is 2.16. The molecule has 0 saturated carbocycles. The van der Waals surface area contributed by atoms with Crippen molar-refractivity contribution in [3.63, 3.8) is 0 Å². The van der Waals surface area contributed by atoms with E-state index in [1.807, 2.05) is 0 Å². The minimum Gasteiger partial charge on any atom is -0.453 e. The second-order valence-electron chi connectivity index (χ2n) is 9.28. The Kier molecular flexibility index (Phi) is 9.59. The number of hydrogen-bond donors (Lipinski definition) is 4. The van der Waals surface area contributed by atoms with E-state index in [1.165, 1.54) is 48.7 Å². The highest BCUT2D eigenvalue weighted by Crippen LogP contribution is 2.30. The van der Waals surface area contributed by atoms with Gasteiger partial charge in [0.25, 0.3) is 0 Å². The summed E-state index contributed by atoms with van der Waals surface area (Å²) in [7, 11) is 0. The number of carbonyl (C=O) groups is 3. The smallest absolute Gasteiger partial charge is 0.408 e. The number of imide groups is 1. The number of aromatic nitrogens is 1. The number of carbonyl (C=O) groups excluding carboxylic acids is 3. The number of nitrogens with zero attached hydrogens (tertiary/aromatic N) is 1. The third-order valence-corrected chi connectivity index (χ3v) is 4.82. The lowest BCUT2D eigenvalue weighted by atomic mass is 10.1. The molecule has 3 rings (SSSR count). The van der Waals surface area contributed by atoms with E-state index in [9.17, 15) is 23.2 Å². The van der Waals surface area contributed by atoms with Crippen LogP contribution in [0.3, 0.4) is 0 Å². The molecule has 5 N–H and O–H groups in total. The predicted octanol–water partition coefficient (Wildman–Crippen LogP) is 4.50. The molecule has 0 spiro atoms. The highest BCUT2D eigenvalue weighted by atomic mass is 19.1. The number of pyridine rings is 1. The van der Waals surface area contributed by atoms with Crippen LogP contribution in [0.5, 0.6) is 11.5 Å². The SMILES string of the molecule is CC(C)(C)OC(=O)NCC#Cc1c(Oc2ccc(NC(=O)NC(=O)Cc3ccc(F)cc3)cc2F)ccnc1N. The van der Waals surface area contributed by atoms with Gasteiger partial charge in [-0.1, -0.05) is 24.0 Å². The zero-order valence-corrected chi connectivity index (χ0v) is 21.9. The van der Waals surface area contributed by atoms with E-state index in [-0.39, 0.29) is 41.5 Å². The monoisotopic (exact) mass is 551 g/mol. The van der Waals surface area contributed by atoms with Gasteiger partial charge in [0, 0.05) is 24.0 Å². The molecule has 40 heavy (non-hydrogen) atoms. The van der Waals surface area contributed by atoms with Crippen molar-refractivity contribution in [2.24, 2.45) is 0 Å². The normalized spacial score (nSPS) is 10.5. The molecule has 10 nitrogen and oxygen atoms in total. The molecule has 2 aromatic carbocycles. The third kappa shape index (κ3) is 9.29. The van der Waals surface area contributed by atoms with E-state index in [0.717, 1.165) is 6.07 Å². The van der Waals surface area contributed by atoms with Crippen LogP contribution in [0.25, 0.3) is 0 Å². The van der Waals surface area contributed by atoms with Crippen LogP contribution in [0.15, 0.2) is 54.7 Å². The largest absolute Gasteiger partial charge is 0.453 e. The first-order valence-corrected chi connectivity index (χ1v) is 11.9. The lowest BCUT2D eigenvalue weighted by Crippen LogP contribution is -2.35. The molecule has 12 heteroatoms. The Morgan fingerprint density at radius 1 is 1.02 bits per heavy atom. The summed E-state index contributed by atoms with van der Waals surface area (Å²) in [5, 5.41) is 6.95. The number of ether oxygens (including phenoxy) is 2. The third-order valence-electron chi connectivity index (χ3n) is 4.82. The predicted molar refractivity (Wildman–Crippen MR) is 144 cm³/mol. The molecule has 3 aromatic rings. The standard InChI is InChI=1S/C28H27F2N5O5/c1-28(2,3)40-27(38)33-13-4-5-20-22(12-14-32-25(20)31)39-23-11-10-19(16-21(23)30)34-26(37)35-24(36)15-17-6-8-18(29)9-7-17/h6-12,14,16H,13,15H2,1-3H3,(H2,31,32)(H,33,38)(H2,34,35,36,37). The van der Waals surface area contributed by atoms with Gasteiger partial charge in [0.05, 0.1) is 13.0 Å².